The first-order valence-corrected chi connectivity index (χ1v) is 3.93. The van der Waals surface area contributed by atoms with Gasteiger partial charge in [0.25, 0.3) is 0 Å². The summed E-state index contributed by atoms with van der Waals surface area (Å²) in [5.74, 6) is -1.93. The summed E-state index contributed by atoms with van der Waals surface area (Å²) < 4.78 is 26.4. The second-order valence-electron chi connectivity index (χ2n) is 2.77. The van der Waals surface area contributed by atoms with Crippen LogP contribution in [0.4, 0.5) is 8.78 Å². The van der Waals surface area contributed by atoms with Gasteiger partial charge in [-0.25, -0.2) is 9.37 Å². The molecule has 14 heavy (non-hydrogen) atoms. The van der Waals surface area contributed by atoms with Crippen molar-refractivity contribution >= 4 is 17.2 Å². The SMILES string of the molecule is O=Cc1c(F)nc2ccccc2c1F. The number of carbonyl (C=O) groups is 1. The van der Waals surface area contributed by atoms with Gasteiger partial charge in [-0.15, -0.1) is 0 Å². The normalized spacial score (nSPS) is 10.4. The van der Waals surface area contributed by atoms with Gasteiger partial charge in [0.05, 0.1) is 5.52 Å². The molecule has 0 atom stereocenters. The number of pyridine rings is 1. The minimum atomic E-state index is -1.07. The molecule has 0 aliphatic carbocycles. The van der Waals surface area contributed by atoms with Gasteiger partial charge in [0.15, 0.2) is 6.29 Å². The molecule has 0 saturated carbocycles. The van der Waals surface area contributed by atoms with Gasteiger partial charge in [-0.3, -0.25) is 4.79 Å². The molecule has 0 N–H and O–H groups in total. The van der Waals surface area contributed by atoms with E-state index in [0.29, 0.717) is 0 Å². The maximum absolute atomic E-state index is 13.4. The molecular weight excluding hydrogens is 188 g/mol. The van der Waals surface area contributed by atoms with Crippen LogP contribution in [0.3, 0.4) is 0 Å². The molecule has 0 saturated heterocycles. The summed E-state index contributed by atoms with van der Waals surface area (Å²) in [4.78, 5) is 13.8. The summed E-state index contributed by atoms with van der Waals surface area (Å²) in [5, 5.41) is 0.149. The summed E-state index contributed by atoms with van der Waals surface area (Å²) in [6, 6.07) is 6.15. The molecule has 1 heterocycles. The second-order valence-corrected chi connectivity index (χ2v) is 2.77. The van der Waals surface area contributed by atoms with E-state index in [1.54, 1.807) is 12.1 Å². The van der Waals surface area contributed by atoms with Gasteiger partial charge in [0.1, 0.15) is 11.4 Å². The molecule has 0 aliphatic rings. The largest absolute Gasteiger partial charge is 0.298 e. The fraction of sp³-hybridized carbons (Fsp3) is 0. The van der Waals surface area contributed by atoms with Crippen LogP contribution in [0.5, 0.6) is 0 Å². The zero-order valence-corrected chi connectivity index (χ0v) is 7.00. The second kappa shape index (κ2) is 3.14. The fourth-order valence-electron chi connectivity index (χ4n) is 1.26. The minimum absolute atomic E-state index is 0.129. The van der Waals surface area contributed by atoms with Gasteiger partial charge in [-0.2, -0.15) is 4.39 Å². The van der Waals surface area contributed by atoms with Crippen LogP contribution in [-0.4, -0.2) is 11.3 Å². The number of hydrogen-bond acceptors (Lipinski definition) is 2. The summed E-state index contributed by atoms with van der Waals surface area (Å²) in [7, 11) is 0. The van der Waals surface area contributed by atoms with Crippen molar-refractivity contribution in [2.45, 2.75) is 0 Å². The van der Waals surface area contributed by atoms with Crippen molar-refractivity contribution in [3.05, 3.63) is 41.6 Å². The van der Waals surface area contributed by atoms with Gasteiger partial charge in [0, 0.05) is 5.39 Å². The Labute approximate surface area is 78.2 Å². The maximum Gasteiger partial charge on any atom is 0.227 e. The minimum Gasteiger partial charge on any atom is -0.298 e. The lowest BCUT2D eigenvalue weighted by atomic mass is 10.1. The molecule has 2 aromatic rings. The molecule has 0 spiro atoms. The zero-order chi connectivity index (χ0) is 10.1. The van der Waals surface area contributed by atoms with Crippen LogP contribution in [-0.2, 0) is 0 Å². The number of hydrogen-bond donors (Lipinski definition) is 0. The van der Waals surface area contributed by atoms with Crippen molar-refractivity contribution < 1.29 is 13.6 Å². The lowest BCUT2D eigenvalue weighted by Crippen LogP contribution is -1.98. The number of aldehydes is 1. The van der Waals surface area contributed by atoms with E-state index in [9.17, 15) is 13.6 Å². The smallest absolute Gasteiger partial charge is 0.227 e. The van der Waals surface area contributed by atoms with Crippen LogP contribution < -0.4 is 0 Å². The highest BCUT2D eigenvalue weighted by Crippen LogP contribution is 2.19. The third-order valence-corrected chi connectivity index (χ3v) is 1.94. The van der Waals surface area contributed by atoms with Crippen LogP contribution >= 0.6 is 0 Å². The van der Waals surface area contributed by atoms with E-state index in [-0.39, 0.29) is 17.2 Å². The van der Waals surface area contributed by atoms with E-state index in [0.717, 1.165) is 0 Å². The monoisotopic (exact) mass is 193 g/mol. The molecule has 0 fully saturated rings. The van der Waals surface area contributed by atoms with Crippen LogP contribution in [0.15, 0.2) is 24.3 Å². The quantitative estimate of drug-likeness (QED) is 0.514. The molecule has 70 valence electrons. The Morgan fingerprint density at radius 1 is 1.21 bits per heavy atom. The molecule has 2 nitrogen and oxygen atoms in total. The van der Waals surface area contributed by atoms with Crippen LogP contribution in [0.1, 0.15) is 10.4 Å². The Morgan fingerprint density at radius 2 is 1.93 bits per heavy atom. The Hall–Kier alpha value is -1.84. The fourth-order valence-corrected chi connectivity index (χ4v) is 1.26. The van der Waals surface area contributed by atoms with Crippen LogP contribution in [0, 0.1) is 11.8 Å². The first-order chi connectivity index (χ1) is 6.74. The van der Waals surface area contributed by atoms with Crippen LogP contribution in [0.2, 0.25) is 0 Å². The predicted octanol–water partition coefficient (Wildman–Crippen LogP) is 2.33. The van der Waals surface area contributed by atoms with Gasteiger partial charge < -0.3 is 0 Å². The van der Waals surface area contributed by atoms with Crippen molar-refractivity contribution in [1.29, 1.82) is 0 Å². The van der Waals surface area contributed by atoms with E-state index >= 15 is 0 Å². The molecule has 1 aromatic heterocycles. The zero-order valence-electron chi connectivity index (χ0n) is 7.00. The number of aromatic nitrogens is 1. The van der Waals surface area contributed by atoms with Gasteiger partial charge in [0.2, 0.25) is 5.95 Å². The van der Waals surface area contributed by atoms with Crippen molar-refractivity contribution in [2.75, 3.05) is 0 Å². The predicted molar refractivity (Wildman–Crippen MR) is 47.0 cm³/mol. The molecule has 0 amide bonds. The van der Waals surface area contributed by atoms with E-state index in [2.05, 4.69) is 4.98 Å². The first kappa shape index (κ1) is 8.74. The number of benzene rings is 1. The average molecular weight is 193 g/mol. The Kier molecular flexibility index (Phi) is 1.96. The van der Waals surface area contributed by atoms with E-state index in [1.807, 2.05) is 0 Å². The topological polar surface area (TPSA) is 30.0 Å². The van der Waals surface area contributed by atoms with Crippen molar-refractivity contribution in [2.24, 2.45) is 0 Å². The number of para-hydroxylation sites is 1. The molecule has 1 aromatic carbocycles. The van der Waals surface area contributed by atoms with Gasteiger partial charge >= 0.3 is 0 Å². The standard InChI is InChI=1S/C10H5F2NO/c11-9-6-3-1-2-4-8(6)13-10(12)7(9)5-14/h1-5H. The first-order valence-electron chi connectivity index (χ1n) is 3.93. The van der Waals surface area contributed by atoms with E-state index in [1.165, 1.54) is 12.1 Å². The van der Waals surface area contributed by atoms with Crippen molar-refractivity contribution in [1.82, 2.24) is 4.98 Å². The third kappa shape index (κ3) is 1.16. The number of nitrogens with zero attached hydrogens (tertiary/aromatic N) is 1. The van der Waals surface area contributed by atoms with E-state index < -0.39 is 17.3 Å². The highest BCUT2D eigenvalue weighted by atomic mass is 19.1. The number of carbonyl (C=O) groups excluding carboxylic acids is 1. The summed E-state index contributed by atoms with van der Waals surface area (Å²) in [6.45, 7) is 0. The Balaban J connectivity index is 2.92. The number of fused-ring (bicyclic) bond motifs is 1. The molecular formula is C10H5F2NO. The average Bonchev–Trinajstić information content (AvgIpc) is 2.18. The molecule has 0 bridgehead atoms. The Bertz CT molecular complexity index is 511. The summed E-state index contributed by atoms with van der Waals surface area (Å²) >= 11 is 0. The third-order valence-electron chi connectivity index (χ3n) is 1.94. The molecule has 0 aliphatic heterocycles. The molecule has 0 radical (unpaired) electrons. The van der Waals surface area contributed by atoms with Crippen LogP contribution in [0.25, 0.3) is 10.9 Å². The van der Waals surface area contributed by atoms with Gasteiger partial charge in [-0.1, -0.05) is 12.1 Å². The van der Waals surface area contributed by atoms with Crippen molar-refractivity contribution in [3.63, 3.8) is 0 Å². The summed E-state index contributed by atoms with van der Waals surface area (Å²) in [6.07, 6.45) is 0.129. The van der Waals surface area contributed by atoms with E-state index in [4.69, 9.17) is 0 Å². The highest BCUT2D eigenvalue weighted by Gasteiger charge is 2.13. The summed E-state index contributed by atoms with van der Waals surface area (Å²) in [5.41, 5.74) is -0.420. The molecule has 0 unspecified atom stereocenters. The number of rotatable bonds is 1. The Morgan fingerprint density at radius 3 is 2.64 bits per heavy atom. The van der Waals surface area contributed by atoms with Gasteiger partial charge in [-0.05, 0) is 12.1 Å². The van der Waals surface area contributed by atoms with Crippen molar-refractivity contribution in [3.8, 4) is 0 Å². The maximum atomic E-state index is 13.4. The highest BCUT2D eigenvalue weighted by molar-refractivity contribution is 5.86. The molecule has 4 heteroatoms. The molecule has 2 rings (SSSR count). The number of halogens is 2. The lowest BCUT2D eigenvalue weighted by Gasteiger charge is -2.01. The lowest BCUT2D eigenvalue weighted by molar-refractivity contribution is 0.111.